The van der Waals surface area contributed by atoms with E-state index in [1.54, 1.807) is 0 Å². The Morgan fingerprint density at radius 1 is 0.844 bits per heavy atom. The van der Waals surface area contributed by atoms with Crippen LogP contribution in [0.1, 0.15) is 110 Å². The first-order chi connectivity index (χ1) is 15.3. The van der Waals surface area contributed by atoms with Gasteiger partial charge in [0, 0.05) is 12.0 Å². The molecule has 6 fully saturated rings. The molecule has 0 aromatic heterocycles. The molecule has 0 aromatic rings. The number of hydrogen-bond donors (Lipinski definition) is 3. The maximum absolute atomic E-state index is 7.00. The van der Waals surface area contributed by atoms with E-state index in [-0.39, 0.29) is 17.4 Å². The SMILES string of the molecule is CC1(C)OC2(C3CCC(CC4CCCCC4)C(CC4CCC(N)NC4)C3)CCC1C(N)C2. The Morgan fingerprint density at radius 3 is 2.31 bits per heavy atom. The van der Waals surface area contributed by atoms with Crippen molar-refractivity contribution in [2.24, 2.45) is 47.0 Å². The monoisotopic (exact) mass is 445 g/mol. The second kappa shape index (κ2) is 9.47. The second-order valence-electron chi connectivity index (χ2n) is 13.2. The van der Waals surface area contributed by atoms with Crippen LogP contribution in [0.15, 0.2) is 0 Å². The minimum Gasteiger partial charge on any atom is -0.368 e. The highest BCUT2D eigenvalue weighted by molar-refractivity contribution is 5.09. The van der Waals surface area contributed by atoms with E-state index in [9.17, 15) is 0 Å². The Kier molecular flexibility index (Phi) is 6.98. The second-order valence-corrected chi connectivity index (χ2v) is 13.2. The summed E-state index contributed by atoms with van der Waals surface area (Å²) >= 11 is 0. The van der Waals surface area contributed by atoms with E-state index in [0.29, 0.717) is 17.9 Å². The number of fused-ring (bicyclic) bond motifs is 3. The third-order valence-corrected chi connectivity index (χ3v) is 10.8. The first kappa shape index (κ1) is 23.6. The number of nitrogens with two attached hydrogens (primary N) is 2. The third kappa shape index (κ3) is 4.81. The molecule has 6 rings (SSSR count). The average Bonchev–Trinajstić information content (AvgIpc) is 2.76. The highest BCUT2D eigenvalue weighted by Gasteiger charge is 2.58. The van der Waals surface area contributed by atoms with Crippen LogP contribution in [-0.2, 0) is 4.74 Å². The van der Waals surface area contributed by atoms with E-state index >= 15 is 0 Å². The van der Waals surface area contributed by atoms with E-state index < -0.39 is 0 Å². The van der Waals surface area contributed by atoms with Crippen LogP contribution in [0.4, 0.5) is 0 Å². The van der Waals surface area contributed by atoms with Gasteiger partial charge in [-0.25, -0.2) is 0 Å². The van der Waals surface area contributed by atoms with Crippen molar-refractivity contribution in [3.05, 3.63) is 0 Å². The van der Waals surface area contributed by atoms with Crippen molar-refractivity contribution in [2.75, 3.05) is 6.54 Å². The van der Waals surface area contributed by atoms with E-state index in [2.05, 4.69) is 19.2 Å². The van der Waals surface area contributed by atoms with Gasteiger partial charge >= 0.3 is 0 Å². The Morgan fingerprint density at radius 2 is 1.62 bits per heavy atom. The van der Waals surface area contributed by atoms with Crippen LogP contribution in [0.3, 0.4) is 0 Å². The number of nitrogens with one attached hydrogen (secondary N) is 1. The van der Waals surface area contributed by atoms with Crippen molar-refractivity contribution in [3.8, 4) is 0 Å². The molecule has 3 aliphatic carbocycles. The summed E-state index contributed by atoms with van der Waals surface area (Å²) in [5.41, 5.74) is 12.9. The molecule has 3 saturated carbocycles. The Balaban J connectivity index is 1.30. The third-order valence-electron chi connectivity index (χ3n) is 10.8. The number of piperidine rings is 1. The van der Waals surface area contributed by atoms with Gasteiger partial charge in [-0.1, -0.05) is 32.1 Å². The van der Waals surface area contributed by atoms with Crippen molar-refractivity contribution in [1.29, 1.82) is 0 Å². The molecule has 32 heavy (non-hydrogen) atoms. The molecule has 4 nitrogen and oxygen atoms in total. The fourth-order valence-electron chi connectivity index (χ4n) is 9.09. The van der Waals surface area contributed by atoms with Crippen LogP contribution >= 0.6 is 0 Å². The number of ether oxygens (including phenoxy) is 1. The summed E-state index contributed by atoms with van der Waals surface area (Å²) in [6.45, 7) is 5.75. The minimum absolute atomic E-state index is 0.0478. The van der Waals surface area contributed by atoms with Gasteiger partial charge < -0.3 is 21.5 Å². The van der Waals surface area contributed by atoms with Crippen molar-refractivity contribution in [1.82, 2.24) is 5.32 Å². The van der Waals surface area contributed by atoms with Crippen molar-refractivity contribution in [2.45, 2.75) is 134 Å². The topological polar surface area (TPSA) is 73.3 Å². The Hall–Kier alpha value is -0.160. The van der Waals surface area contributed by atoms with Gasteiger partial charge in [0.15, 0.2) is 0 Å². The Labute approximate surface area is 197 Å². The van der Waals surface area contributed by atoms with Crippen LogP contribution in [0, 0.1) is 35.5 Å². The zero-order valence-electron chi connectivity index (χ0n) is 21.0. The summed E-state index contributed by atoms with van der Waals surface area (Å²) in [4.78, 5) is 0. The van der Waals surface area contributed by atoms with E-state index in [1.165, 1.54) is 83.5 Å². The van der Waals surface area contributed by atoms with Crippen LogP contribution in [0.2, 0.25) is 0 Å². The molecule has 0 spiro atoms. The molecule has 0 radical (unpaired) electrons. The largest absolute Gasteiger partial charge is 0.368 e. The molecule has 8 atom stereocenters. The molecule has 6 aliphatic rings. The molecule has 0 aromatic carbocycles. The van der Waals surface area contributed by atoms with Crippen LogP contribution < -0.4 is 16.8 Å². The maximum atomic E-state index is 7.00. The van der Waals surface area contributed by atoms with Crippen LogP contribution in [0.5, 0.6) is 0 Å². The smallest absolute Gasteiger partial charge is 0.0733 e. The summed E-state index contributed by atoms with van der Waals surface area (Å²) in [6, 6.07) is 0.329. The summed E-state index contributed by atoms with van der Waals surface area (Å²) in [5, 5.41) is 3.57. The van der Waals surface area contributed by atoms with Gasteiger partial charge in [-0.2, -0.15) is 0 Å². The number of hydrogen-bond acceptors (Lipinski definition) is 4. The summed E-state index contributed by atoms with van der Waals surface area (Å²) < 4.78 is 7.00. The van der Waals surface area contributed by atoms with Gasteiger partial charge in [-0.15, -0.1) is 0 Å². The molecular weight excluding hydrogens is 394 g/mol. The molecule has 3 saturated heterocycles. The predicted octanol–water partition coefficient (Wildman–Crippen LogP) is 5.34. The van der Waals surface area contributed by atoms with E-state index in [0.717, 1.165) is 43.1 Å². The quantitative estimate of drug-likeness (QED) is 0.534. The average molecular weight is 446 g/mol. The van der Waals surface area contributed by atoms with Gasteiger partial charge in [0.1, 0.15) is 0 Å². The maximum Gasteiger partial charge on any atom is 0.0733 e. The lowest BCUT2D eigenvalue weighted by Crippen LogP contribution is -2.66. The van der Waals surface area contributed by atoms with Crippen molar-refractivity contribution in [3.63, 3.8) is 0 Å². The summed E-state index contributed by atoms with van der Waals surface area (Å²) in [7, 11) is 0. The van der Waals surface area contributed by atoms with Gasteiger partial charge in [0.2, 0.25) is 0 Å². The highest BCUT2D eigenvalue weighted by Crippen LogP contribution is 2.57. The van der Waals surface area contributed by atoms with Gasteiger partial charge in [0.05, 0.1) is 17.4 Å². The molecule has 3 aliphatic heterocycles. The summed E-state index contributed by atoms with van der Waals surface area (Å²) in [5.74, 6) is 4.86. The fraction of sp³-hybridized carbons (Fsp3) is 1.00. The fourth-order valence-corrected chi connectivity index (χ4v) is 9.09. The summed E-state index contributed by atoms with van der Waals surface area (Å²) in [6.07, 6.45) is 20.8. The zero-order valence-corrected chi connectivity index (χ0v) is 21.0. The van der Waals surface area contributed by atoms with Crippen LogP contribution in [-0.4, -0.2) is 30.0 Å². The van der Waals surface area contributed by atoms with E-state index in [1.807, 2.05) is 0 Å². The molecule has 2 bridgehead atoms. The molecule has 0 amide bonds. The normalized spacial score (nSPS) is 47.4. The van der Waals surface area contributed by atoms with Crippen molar-refractivity contribution < 1.29 is 4.74 Å². The lowest BCUT2D eigenvalue weighted by Gasteiger charge is -2.61. The minimum atomic E-state index is -0.0478. The van der Waals surface area contributed by atoms with Gasteiger partial charge in [0.25, 0.3) is 0 Å². The molecule has 5 N–H and O–H groups in total. The highest BCUT2D eigenvalue weighted by atomic mass is 16.5. The van der Waals surface area contributed by atoms with Gasteiger partial charge in [-0.3, -0.25) is 0 Å². The molecule has 3 heterocycles. The van der Waals surface area contributed by atoms with E-state index in [4.69, 9.17) is 16.2 Å². The first-order valence-corrected chi connectivity index (χ1v) is 14.3. The predicted molar refractivity (Wildman–Crippen MR) is 132 cm³/mol. The van der Waals surface area contributed by atoms with Crippen molar-refractivity contribution >= 4 is 0 Å². The lowest BCUT2D eigenvalue weighted by atomic mass is 9.56. The first-order valence-electron chi connectivity index (χ1n) is 14.3. The zero-order chi connectivity index (χ0) is 22.3. The lowest BCUT2D eigenvalue weighted by molar-refractivity contribution is -0.270. The molecular formula is C28H51N3O. The van der Waals surface area contributed by atoms with Gasteiger partial charge in [-0.05, 0) is 114 Å². The van der Waals surface area contributed by atoms with Crippen LogP contribution in [0.25, 0.3) is 0 Å². The molecule has 4 heteroatoms. The standard InChI is InChI=1S/C28H51N3O/c1-27(2)24-12-13-28(32-27,17-25(24)29)23-10-9-21(14-19-6-4-3-5-7-19)22(16-23)15-20-8-11-26(30)31-18-20/h19-26,31H,3-18,29-30H2,1-2H3. The molecule has 8 unspecified atom stereocenters. The Bertz CT molecular complexity index is 624. The number of rotatable bonds is 5. The molecule has 184 valence electrons.